The lowest BCUT2D eigenvalue weighted by Crippen LogP contribution is -2.46. The Morgan fingerprint density at radius 2 is 1.69 bits per heavy atom. The molecule has 0 bridgehead atoms. The van der Waals surface area contributed by atoms with E-state index in [2.05, 4.69) is 69.9 Å². The molecule has 3 saturated heterocycles. The summed E-state index contributed by atoms with van der Waals surface area (Å²) in [6.45, 7) is 10.5. The molecule has 258 valence electrons. The zero-order valence-electron chi connectivity index (χ0n) is 27.9. The third-order valence-electron chi connectivity index (χ3n) is 9.44. The number of ether oxygens (including phenoxy) is 3. The first kappa shape index (κ1) is 34.1. The largest absolute Gasteiger partial charge is 0.491 e. The summed E-state index contributed by atoms with van der Waals surface area (Å²) in [5.74, 6) is 0.820. The first-order valence-electron chi connectivity index (χ1n) is 16.9. The number of anilines is 2. The second-order valence-electron chi connectivity index (χ2n) is 12.7. The van der Waals surface area contributed by atoms with Crippen LogP contribution in [0.15, 0.2) is 90.4 Å². The number of nitrogens with zero attached hydrogens (tertiary/aromatic N) is 6. The van der Waals surface area contributed by atoms with Gasteiger partial charge in [0.2, 0.25) is 5.79 Å². The summed E-state index contributed by atoms with van der Waals surface area (Å²) >= 11 is 14.7. The predicted octanol–water partition coefficient (Wildman–Crippen LogP) is 7.70. The average molecular weight is 722 g/mol. The van der Waals surface area contributed by atoms with Crippen LogP contribution in [0.25, 0.3) is 0 Å². The third-order valence-corrected chi connectivity index (χ3v) is 11.0. The minimum Gasteiger partial charge on any atom is -0.491 e. The van der Waals surface area contributed by atoms with Gasteiger partial charge in [-0.2, -0.15) is 0 Å². The van der Waals surface area contributed by atoms with Crippen LogP contribution in [-0.4, -0.2) is 83.5 Å². The van der Waals surface area contributed by atoms with E-state index < -0.39 is 5.79 Å². The van der Waals surface area contributed by atoms with Gasteiger partial charge < -0.3 is 33.5 Å². The highest BCUT2D eigenvalue weighted by Crippen LogP contribution is 2.41. The first-order valence-corrected chi connectivity index (χ1v) is 18.7. The van der Waals surface area contributed by atoms with Gasteiger partial charge >= 0.3 is 0 Å². The van der Waals surface area contributed by atoms with E-state index in [1.54, 1.807) is 24.7 Å². The number of hydrogen-bond donors (Lipinski definition) is 0. The van der Waals surface area contributed by atoms with Gasteiger partial charge in [-0.1, -0.05) is 48.0 Å². The van der Waals surface area contributed by atoms with Gasteiger partial charge in [0, 0.05) is 78.9 Å². The van der Waals surface area contributed by atoms with Gasteiger partial charge in [0.1, 0.15) is 18.5 Å². The van der Waals surface area contributed by atoms with Crippen molar-refractivity contribution in [3.05, 3.63) is 101 Å². The van der Waals surface area contributed by atoms with Crippen molar-refractivity contribution >= 4 is 57.2 Å². The Balaban J connectivity index is 0.912. The topological polar surface area (TPSA) is 67.6 Å². The fraction of sp³-hybridized carbons (Fsp3) is 0.405. The van der Waals surface area contributed by atoms with Crippen LogP contribution in [0.1, 0.15) is 25.8 Å². The SMILES string of the molecule is CCC(C)N1CCS/C1=N\c1ccc(N2CCN(c3ccc(OCC4COC(Cn5ccnc5)(c5ccc(Cl)cc5Cl)O4)cc3)CC2)cc1. The minimum atomic E-state index is -1.08. The van der Waals surface area contributed by atoms with Crippen LogP contribution in [0.2, 0.25) is 10.0 Å². The van der Waals surface area contributed by atoms with Crippen molar-refractivity contribution in [3.8, 4) is 5.75 Å². The molecule has 0 spiro atoms. The van der Waals surface area contributed by atoms with E-state index in [0.717, 1.165) is 67.1 Å². The highest BCUT2D eigenvalue weighted by molar-refractivity contribution is 8.14. The van der Waals surface area contributed by atoms with E-state index in [0.29, 0.717) is 35.8 Å². The van der Waals surface area contributed by atoms with Gasteiger partial charge in [-0.3, -0.25) is 0 Å². The molecule has 0 radical (unpaired) electrons. The molecule has 3 aliphatic heterocycles. The normalized spacial score (nSPS) is 22.7. The molecular weight excluding hydrogens is 679 g/mol. The van der Waals surface area contributed by atoms with E-state index in [9.17, 15) is 0 Å². The number of halogens is 2. The number of thioether (sulfide) groups is 1. The number of hydrogen-bond acceptors (Lipinski definition) is 8. The van der Waals surface area contributed by atoms with Gasteiger partial charge in [-0.15, -0.1) is 0 Å². The summed E-state index contributed by atoms with van der Waals surface area (Å²) in [5.41, 5.74) is 4.18. The highest BCUT2D eigenvalue weighted by Gasteiger charge is 2.45. The summed E-state index contributed by atoms with van der Waals surface area (Å²) in [4.78, 5) is 16.5. The van der Waals surface area contributed by atoms with Crippen LogP contribution in [0.3, 0.4) is 0 Å². The molecule has 1 aromatic heterocycles. The van der Waals surface area contributed by atoms with Crippen LogP contribution < -0.4 is 14.5 Å². The van der Waals surface area contributed by atoms with Crippen molar-refractivity contribution < 1.29 is 14.2 Å². The molecule has 9 nitrogen and oxygen atoms in total. The molecule has 4 heterocycles. The van der Waals surface area contributed by atoms with Crippen molar-refractivity contribution in [3.63, 3.8) is 0 Å². The van der Waals surface area contributed by atoms with Gasteiger partial charge in [0.05, 0.1) is 30.2 Å². The standard InChI is InChI=1S/C37H42Cl2N6O3S/c1-3-27(2)45-20-21-49-36(45)41-29-5-7-30(8-6-29)43-16-18-44(19-17-43)31-9-11-32(12-10-31)46-23-33-24-47-37(48-33,25-42-15-14-40-26-42)34-13-4-28(38)22-35(34)39/h4-15,22,26-27,33H,3,16-21,23-25H2,1-2H3/b41-36-. The van der Waals surface area contributed by atoms with E-state index in [1.807, 2.05) is 40.7 Å². The molecule has 49 heavy (non-hydrogen) atoms. The second kappa shape index (κ2) is 15.2. The Hall–Kier alpha value is -3.41. The van der Waals surface area contributed by atoms with E-state index >= 15 is 0 Å². The molecule has 12 heteroatoms. The van der Waals surface area contributed by atoms with Crippen molar-refractivity contribution in [1.82, 2.24) is 14.5 Å². The number of rotatable bonds is 11. The molecule has 0 aliphatic carbocycles. The summed E-state index contributed by atoms with van der Waals surface area (Å²) in [6.07, 6.45) is 6.17. The number of imidazole rings is 1. The molecule has 0 saturated carbocycles. The molecule has 4 aromatic rings. The Kier molecular flexibility index (Phi) is 10.6. The third kappa shape index (κ3) is 7.84. The van der Waals surface area contributed by atoms with Crippen molar-refractivity contribution in [2.45, 2.75) is 44.7 Å². The molecule has 3 unspecified atom stereocenters. The van der Waals surface area contributed by atoms with Crippen LogP contribution in [0, 0.1) is 0 Å². The first-order chi connectivity index (χ1) is 23.9. The summed E-state index contributed by atoms with van der Waals surface area (Å²) in [6, 6.07) is 22.9. The van der Waals surface area contributed by atoms with Crippen LogP contribution in [0.5, 0.6) is 5.75 Å². The minimum absolute atomic E-state index is 0.287. The molecule has 0 N–H and O–H groups in total. The summed E-state index contributed by atoms with van der Waals surface area (Å²) in [7, 11) is 0. The summed E-state index contributed by atoms with van der Waals surface area (Å²) in [5, 5.41) is 2.19. The van der Waals surface area contributed by atoms with Gasteiger partial charge in [0.15, 0.2) is 5.17 Å². The lowest BCUT2D eigenvalue weighted by Gasteiger charge is -2.37. The van der Waals surface area contributed by atoms with Crippen LogP contribution >= 0.6 is 35.0 Å². The smallest absolute Gasteiger partial charge is 0.215 e. The maximum absolute atomic E-state index is 6.61. The maximum Gasteiger partial charge on any atom is 0.215 e. The Morgan fingerprint density at radius 1 is 0.980 bits per heavy atom. The predicted molar refractivity (Wildman–Crippen MR) is 200 cm³/mol. The van der Waals surface area contributed by atoms with Gasteiger partial charge in [-0.05, 0) is 74.0 Å². The van der Waals surface area contributed by atoms with E-state index in [-0.39, 0.29) is 6.10 Å². The molecular formula is C37H42Cl2N6O3S. The maximum atomic E-state index is 6.61. The fourth-order valence-corrected chi connectivity index (χ4v) is 8.16. The quantitative estimate of drug-likeness (QED) is 0.156. The Labute approximate surface area is 302 Å². The Morgan fingerprint density at radius 3 is 2.35 bits per heavy atom. The van der Waals surface area contributed by atoms with E-state index in [4.69, 9.17) is 42.4 Å². The number of amidine groups is 1. The highest BCUT2D eigenvalue weighted by atomic mass is 35.5. The number of aromatic nitrogens is 2. The van der Waals surface area contributed by atoms with Crippen LogP contribution in [-0.2, 0) is 21.8 Å². The molecule has 3 atom stereocenters. The second-order valence-corrected chi connectivity index (χ2v) is 14.6. The number of benzene rings is 3. The molecule has 7 rings (SSSR count). The zero-order valence-corrected chi connectivity index (χ0v) is 30.2. The summed E-state index contributed by atoms with van der Waals surface area (Å²) < 4.78 is 20.9. The van der Waals surface area contributed by atoms with Crippen LogP contribution in [0.4, 0.5) is 17.1 Å². The molecule has 3 aromatic carbocycles. The van der Waals surface area contributed by atoms with Gasteiger partial charge in [0.25, 0.3) is 0 Å². The van der Waals surface area contributed by atoms with Crippen molar-refractivity contribution in [1.29, 1.82) is 0 Å². The molecule has 3 fully saturated rings. The average Bonchev–Trinajstić information content (AvgIpc) is 3.90. The lowest BCUT2D eigenvalue weighted by molar-refractivity contribution is -0.189. The van der Waals surface area contributed by atoms with E-state index in [1.165, 1.54) is 11.4 Å². The molecule has 0 amide bonds. The Bertz CT molecular complexity index is 1720. The van der Waals surface area contributed by atoms with Gasteiger partial charge in [-0.25, -0.2) is 9.98 Å². The van der Waals surface area contributed by atoms with Crippen molar-refractivity contribution in [2.24, 2.45) is 4.99 Å². The molecule has 3 aliphatic rings. The van der Waals surface area contributed by atoms with Crippen molar-refractivity contribution in [2.75, 3.05) is 61.5 Å². The zero-order chi connectivity index (χ0) is 33.8. The number of piperazine rings is 1. The fourth-order valence-electron chi connectivity index (χ4n) is 6.53. The monoisotopic (exact) mass is 720 g/mol. The number of aliphatic imine (C=N–C) groups is 1. The lowest BCUT2D eigenvalue weighted by atomic mass is 10.1.